The van der Waals surface area contributed by atoms with Crippen LogP contribution in [0.5, 0.6) is 0 Å². The summed E-state index contributed by atoms with van der Waals surface area (Å²) < 4.78 is 0. The molecule has 11 heavy (non-hydrogen) atoms. The van der Waals surface area contributed by atoms with Crippen molar-refractivity contribution >= 4 is 0 Å². The third-order valence-electron chi connectivity index (χ3n) is 2.22. The number of allylic oxidation sites excluding steroid dienone is 4. The van der Waals surface area contributed by atoms with Crippen LogP contribution in [0, 0.1) is 5.92 Å². The lowest BCUT2D eigenvalue weighted by molar-refractivity contribution is 0.590. The van der Waals surface area contributed by atoms with Gasteiger partial charge in [-0.2, -0.15) is 0 Å². The standard InChI is InChI=1S/C11H16/c1-8(2)11-6-9(3)5-10(4)7-11/h5,11H,1,3,6-7H2,2,4H3. The van der Waals surface area contributed by atoms with Crippen LogP contribution in [0.4, 0.5) is 0 Å². The van der Waals surface area contributed by atoms with Crippen molar-refractivity contribution in [3.05, 3.63) is 36.0 Å². The van der Waals surface area contributed by atoms with Gasteiger partial charge >= 0.3 is 0 Å². The Morgan fingerprint density at radius 1 is 1.55 bits per heavy atom. The van der Waals surface area contributed by atoms with Crippen molar-refractivity contribution in [1.82, 2.24) is 0 Å². The van der Waals surface area contributed by atoms with Crippen LogP contribution in [-0.2, 0) is 0 Å². The van der Waals surface area contributed by atoms with Crippen molar-refractivity contribution in [3.63, 3.8) is 0 Å². The largest absolute Gasteiger partial charge is 0.0998 e. The van der Waals surface area contributed by atoms with Crippen LogP contribution < -0.4 is 0 Å². The van der Waals surface area contributed by atoms with Crippen LogP contribution in [0.2, 0.25) is 0 Å². The van der Waals surface area contributed by atoms with Crippen molar-refractivity contribution in [2.24, 2.45) is 5.92 Å². The van der Waals surface area contributed by atoms with Gasteiger partial charge < -0.3 is 0 Å². The van der Waals surface area contributed by atoms with Gasteiger partial charge in [-0.15, -0.1) is 0 Å². The maximum atomic E-state index is 3.98. The molecule has 1 aliphatic carbocycles. The van der Waals surface area contributed by atoms with Crippen LogP contribution in [0.15, 0.2) is 36.0 Å². The zero-order valence-corrected chi connectivity index (χ0v) is 7.48. The highest BCUT2D eigenvalue weighted by atomic mass is 14.2. The van der Waals surface area contributed by atoms with E-state index in [0.717, 1.165) is 6.42 Å². The highest BCUT2D eigenvalue weighted by molar-refractivity contribution is 5.27. The minimum Gasteiger partial charge on any atom is -0.0998 e. The van der Waals surface area contributed by atoms with E-state index < -0.39 is 0 Å². The normalized spacial score (nSPS) is 24.7. The van der Waals surface area contributed by atoms with E-state index in [4.69, 9.17) is 0 Å². The summed E-state index contributed by atoms with van der Waals surface area (Å²) in [6, 6.07) is 0. The van der Waals surface area contributed by atoms with Crippen LogP contribution in [0.1, 0.15) is 26.7 Å². The summed E-state index contributed by atoms with van der Waals surface area (Å²) in [5.74, 6) is 0.646. The molecule has 0 aliphatic heterocycles. The number of rotatable bonds is 1. The zero-order valence-electron chi connectivity index (χ0n) is 7.48. The van der Waals surface area contributed by atoms with Crippen molar-refractivity contribution in [3.8, 4) is 0 Å². The van der Waals surface area contributed by atoms with Gasteiger partial charge in [0.2, 0.25) is 0 Å². The van der Waals surface area contributed by atoms with Crippen molar-refractivity contribution in [2.75, 3.05) is 0 Å². The summed E-state index contributed by atoms with van der Waals surface area (Å²) in [5.41, 5.74) is 3.98. The van der Waals surface area contributed by atoms with Crippen LogP contribution in [0.25, 0.3) is 0 Å². The van der Waals surface area contributed by atoms with Gasteiger partial charge in [0.25, 0.3) is 0 Å². The Hall–Kier alpha value is -0.780. The molecule has 0 aromatic rings. The molecule has 0 aromatic heterocycles. The molecule has 0 spiro atoms. The molecule has 0 radical (unpaired) electrons. The smallest absolute Gasteiger partial charge is 0.0131 e. The van der Waals surface area contributed by atoms with Gasteiger partial charge in [0.1, 0.15) is 0 Å². The highest BCUT2D eigenvalue weighted by Gasteiger charge is 2.15. The Kier molecular flexibility index (Phi) is 2.33. The van der Waals surface area contributed by atoms with Gasteiger partial charge in [0.05, 0.1) is 0 Å². The van der Waals surface area contributed by atoms with Gasteiger partial charge in [-0.05, 0) is 32.6 Å². The molecule has 0 heteroatoms. The fourth-order valence-corrected chi connectivity index (χ4v) is 1.59. The summed E-state index contributed by atoms with van der Waals surface area (Å²) >= 11 is 0. The third-order valence-corrected chi connectivity index (χ3v) is 2.22. The van der Waals surface area contributed by atoms with E-state index in [1.165, 1.54) is 23.1 Å². The predicted octanol–water partition coefficient (Wildman–Crippen LogP) is 3.48. The second-order valence-electron chi connectivity index (χ2n) is 3.60. The fraction of sp³-hybridized carbons (Fsp3) is 0.455. The lowest BCUT2D eigenvalue weighted by atomic mass is 9.83. The second kappa shape index (κ2) is 3.08. The minimum atomic E-state index is 0.646. The van der Waals surface area contributed by atoms with Gasteiger partial charge in [-0.1, -0.05) is 36.0 Å². The molecule has 1 aliphatic rings. The highest BCUT2D eigenvalue weighted by Crippen LogP contribution is 2.30. The quantitative estimate of drug-likeness (QED) is 0.499. The summed E-state index contributed by atoms with van der Waals surface area (Å²) in [5, 5.41) is 0. The summed E-state index contributed by atoms with van der Waals surface area (Å²) in [7, 11) is 0. The zero-order chi connectivity index (χ0) is 8.43. The first kappa shape index (κ1) is 8.32. The second-order valence-corrected chi connectivity index (χ2v) is 3.60. The van der Waals surface area contributed by atoms with Crippen molar-refractivity contribution < 1.29 is 0 Å². The van der Waals surface area contributed by atoms with E-state index in [0.29, 0.717) is 5.92 Å². The summed E-state index contributed by atoms with van der Waals surface area (Å²) in [6.45, 7) is 12.2. The van der Waals surface area contributed by atoms with Gasteiger partial charge in [0, 0.05) is 0 Å². The summed E-state index contributed by atoms with van der Waals surface area (Å²) in [4.78, 5) is 0. The molecule has 0 amide bonds. The lowest BCUT2D eigenvalue weighted by Gasteiger charge is -2.22. The molecule has 0 nitrogen and oxygen atoms in total. The molecular weight excluding hydrogens is 132 g/mol. The molecule has 60 valence electrons. The number of hydrogen-bond acceptors (Lipinski definition) is 0. The lowest BCUT2D eigenvalue weighted by Crippen LogP contribution is -2.07. The average molecular weight is 148 g/mol. The molecule has 1 unspecified atom stereocenters. The first-order valence-corrected chi connectivity index (χ1v) is 4.10. The monoisotopic (exact) mass is 148 g/mol. The molecule has 0 fully saturated rings. The van der Waals surface area contributed by atoms with E-state index in [1.807, 2.05) is 0 Å². The van der Waals surface area contributed by atoms with Gasteiger partial charge in [0.15, 0.2) is 0 Å². The van der Waals surface area contributed by atoms with Crippen molar-refractivity contribution in [2.45, 2.75) is 26.7 Å². The Morgan fingerprint density at radius 2 is 2.18 bits per heavy atom. The molecule has 0 bridgehead atoms. The average Bonchev–Trinajstić information content (AvgIpc) is 1.85. The third kappa shape index (κ3) is 2.07. The molecule has 0 aromatic carbocycles. The maximum Gasteiger partial charge on any atom is -0.0131 e. The number of hydrogen-bond donors (Lipinski definition) is 0. The minimum absolute atomic E-state index is 0.646. The topological polar surface area (TPSA) is 0 Å². The fourth-order valence-electron chi connectivity index (χ4n) is 1.59. The Balaban J connectivity index is 2.72. The van der Waals surface area contributed by atoms with E-state index in [2.05, 4.69) is 33.1 Å². The van der Waals surface area contributed by atoms with E-state index >= 15 is 0 Å². The Bertz CT molecular complexity index is 218. The molecular formula is C11H16. The van der Waals surface area contributed by atoms with Gasteiger partial charge in [-0.25, -0.2) is 0 Å². The van der Waals surface area contributed by atoms with Gasteiger partial charge in [-0.3, -0.25) is 0 Å². The Morgan fingerprint density at radius 3 is 2.64 bits per heavy atom. The van der Waals surface area contributed by atoms with Crippen molar-refractivity contribution in [1.29, 1.82) is 0 Å². The van der Waals surface area contributed by atoms with Crippen LogP contribution in [-0.4, -0.2) is 0 Å². The molecule has 0 N–H and O–H groups in total. The molecule has 0 saturated carbocycles. The molecule has 0 heterocycles. The van der Waals surface area contributed by atoms with Crippen LogP contribution in [0.3, 0.4) is 0 Å². The first-order valence-electron chi connectivity index (χ1n) is 4.10. The van der Waals surface area contributed by atoms with E-state index in [-0.39, 0.29) is 0 Å². The Labute approximate surface area is 69.3 Å². The van der Waals surface area contributed by atoms with Crippen LogP contribution >= 0.6 is 0 Å². The maximum absolute atomic E-state index is 3.98. The van der Waals surface area contributed by atoms with E-state index in [1.54, 1.807) is 0 Å². The molecule has 0 saturated heterocycles. The molecule has 1 atom stereocenters. The molecule has 1 rings (SSSR count). The predicted molar refractivity (Wildman–Crippen MR) is 50.4 cm³/mol. The SMILES string of the molecule is C=C1C=C(C)CC(C(=C)C)C1. The summed E-state index contributed by atoms with van der Waals surface area (Å²) in [6.07, 6.45) is 4.47. The first-order chi connectivity index (χ1) is 5.09. The van der Waals surface area contributed by atoms with E-state index in [9.17, 15) is 0 Å².